The van der Waals surface area contributed by atoms with Gasteiger partial charge in [-0.25, -0.2) is 13.8 Å². The lowest BCUT2D eigenvalue weighted by atomic mass is 9.74. The maximum atomic E-state index is 14.9. The number of benzene rings is 1. The lowest BCUT2D eigenvalue weighted by molar-refractivity contribution is 0.218. The van der Waals surface area contributed by atoms with Crippen LogP contribution in [0, 0.1) is 17.7 Å². The number of nitrogens with zero attached hydrogens (tertiary/aromatic N) is 4. The molecule has 34 heavy (non-hydrogen) atoms. The number of aromatic nitrogens is 4. The van der Waals surface area contributed by atoms with Gasteiger partial charge in [-0.3, -0.25) is 4.68 Å². The first kappa shape index (κ1) is 21.5. The molecule has 1 fully saturated rings. The molecule has 1 atom stereocenters. The number of allylic oxidation sites excluding steroid dienone is 4. The number of aryl methyl sites for hydroxylation is 2. The van der Waals surface area contributed by atoms with E-state index in [-0.39, 0.29) is 17.7 Å². The van der Waals surface area contributed by atoms with Crippen molar-refractivity contribution in [2.75, 3.05) is 0 Å². The van der Waals surface area contributed by atoms with Gasteiger partial charge in [-0.2, -0.15) is 5.10 Å². The molecule has 1 saturated carbocycles. The van der Waals surface area contributed by atoms with Crippen molar-refractivity contribution in [3.8, 4) is 11.1 Å². The fourth-order valence-corrected chi connectivity index (χ4v) is 6.35. The average Bonchev–Trinajstić information content (AvgIpc) is 3.55. The van der Waals surface area contributed by atoms with E-state index in [0.29, 0.717) is 17.4 Å². The Bertz CT molecular complexity index is 1270. The van der Waals surface area contributed by atoms with Crippen LogP contribution in [0.3, 0.4) is 0 Å². The van der Waals surface area contributed by atoms with Gasteiger partial charge in [-0.05, 0) is 73.6 Å². The third-order valence-electron chi connectivity index (χ3n) is 8.10. The van der Waals surface area contributed by atoms with Gasteiger partial charge in [0.25, 0.3) is 0 Å². The van der Waals surface area contributed by atoms with Gasteiger partial charge < -0.3 is 4.57 Å². The summed E-state index contributed by atoms with van der Waals surface area (Å²) in [7, 11) is 1.84. The highest BCUT2D eigenvalue weighted by Gasteiger charge is 2.40. The fraction of sp³-hybridized carbons (Fsp3) is 0.429. The average molecular weight is 461 g/mol. The van der Waals surface area contributed by atoms with Crippen LogP contribution in [-0.4, -0.2) is 19.3 Å². The summed E-state index contributed by atoms with van der Waals surface area (Å²) in [4.78, 5) is 4.37. The zero-order valence-electron chi connectivity index (χ0n) is 19.6. The van der Waals surface area contributed by atoms with Crippen molar-refractivity contribution < 1.29 is 8.78 Å². The molecule has 6 heteroatoms. The highest BCUT2D eigenvalue weighted by molar-refractivity contribution is 5.75. The summed E-state index contributed by atoms with van der Waals surface area (Å²) < 4.78 is 33.5. The molecule has 0 N–H and O–H groups in total. The second-order valence-corrected chi connectivity index (χ2v) is 10.2. The molecule has 0 radical (unpaired) electrons. The minimum atomic E-state index is -0.182. The number of fused-ring (bicyclic) bond motifs is 2. The predicted octanol–water partition coefficient (Wildman–Crippen LogP) is 6.82. The second kappa shape index (κ2) is 8.64. The molecule has 1 aromatic carbocycles. The van der Waals surface area contributed by atoms with E-state index in [1.54, 1.807) is 23.0 Å². The molecule has 2 aromatic heterocycles. The lowest BCUT2D eigenvalue weighted by Crippen LogP contribution is -2.24. The smallest absolute Gasteiger partial charge is 0.131 e. The van der Waals surface area contributed by atoms with E-state index in [1.165, 1.54) is 5.57 Å². The van der Waals surface area contributed by atoms with Gasteiger partial charge in [0, 0.05) is 29.9 Å². The van der Waals surface area contributed by atoms with Gasteiger partial charge in [0.2, 0.25) is 0 Å². The predicted molar refractivity (Wildman–Crippen MR) is 129 cm³/mol. The zero-order chi connectivity index (χ0) is 23.2. The first-order chi connectivity index (χ1) is 16.6. The summed E-state index contributed by atoms with van der Waals surface area (Å²) in [5, 5.41) is 4.14. The molecule has 3 aliphatic rings. The SMILES string of the molecule is Cn1cc(-c2ccc(CCC3CCC(C4C5=C(CCC=C5F)c5cncn54)CC3)cc2F)cn1. The minimum absolute atomic E-state index is 0.0196. The molecule has 176 valence electrons. The Balaban J connectivity index is 1.09. The van der Waals surface area contributed by atoms with Crippen LogP contribution in [0.15, 0.2) is 60.6 Å². The van der Waals surface area contributed by atoms with Gasteiger partial charge in [-0.15, -0.1) is 0 Å². The van der Waals surface area contributed by atoms with Crippen molar-refractivity contribution >= 4 is 5.57 Å². The molecule has 6 rings (SSSR count). The van der Waals surface area contributed by atoms with E-state index in [1.807, 2.05) is 37.9 Å². The normalized spacial score (nSPS) is 24.2. The summed E-state index contributed by atoms with van der Waals surface area (Å²) in [5.41, 5.74) is 5.67. The topological polar surface area (TPSA) is 35.6 Å². The van der Waals surface area contributed by atoms with Crippen LogP contribution in [0.5, 0.6) is 0 Å². The lowest BCUT2D eigenvalue weighted by Gasteiger charge is -2.34. The van der Waals surface area contributed by atoms with Crippen LogP contribution in [-0.2, 0) is 13.5 Å². The van der Waals surface area contributed by atoms with E-state index < -0.39 is 0 Å². The Morgan fingerprint density at radius 2 is 1.94 bits per heavy atom. The second-order valence-electron chi connectivity index (χ2n) is 10.2. The molecule has 1 aliphatic heterocycles. The van der Waals surface area contributed by atoms with E-state index in [4.69, 9.17) is 0 Å². The third-order valence-corrected chi connectivity index (χ3v) is 8.10. The van der Waals surface area contributed by atoms with E-state index in [2.05, 4.69) is 14.6 Å². The summed E-state index contributed by atoms with van der Waals surface area (Å²) in [6.45, 7) is 0. The maximum absolute atomic E-state index is 14.9. The Labute approximate surface area is 199 Å². The van der Waals surface area contributed by atoms with Crippen molar-refractivity contribution in [2.24, 2.45) is 18.9 Å². The van der Waals surface area contributed by atoms with Crippen LogP contribution in [0.4, 0.5) is 8.78 Å². The standard InChI is InChI=1S/C28H30F2N4/c1-33-16-21(14-32-33)22-12-9-19(13-25(22)30)6-5-18-7-10-20(11-8-18)28-27-23(3-2-4-24(27)29)26-15-31-17-34(26)28/h4,9,12-18,20,28H,2-3,5-8,10-11H2,1H3. The highest BCUT2D eigenvalue weighted by atomic mass is 19.1. The molecule has 1 unspecified atom stereocenters. The van der Waals surface area contributed by atoms with Crippen molar-refractivity contribution in [1.82, 2.24) is 19.3 Å². The van der Waals surface area contributed by atoms with Crippen molar-refractivity contribution in [3.05, 3.63) is 77.7 Å². The Morgan fingerprint density at radius 1 is 1.09 bits per heavy atom. The molecule has 0 spiro atoms. The fourth-order valence-electron chi connectivity index (χ4n) is 6.35. The van der Waals surface area contributed by atoms with E-state index in [9.17, 15) is 8.78 Å². The van der Waals surface area contributed by atoms with Crippen molar-refractivity contribution in [3.63, 3.8) is 0 Å². The van der Waals surface area contributed by atoms with Gasteiger partial charge >= 0.3 is 0 Å². The van der Waals surface area contributed by atoms with Gasteiger partial charge in [0.15, 0.2) is 0 Å². The molecule has 3 aromatic rings. The van der Waals surface area contributed by atoms with Crippen molar-refractivity contribution in [1.29, 1.82) is 0 Å². The van der Waals surface area contributed by atoms with E-state index in [0.717, 1.165) is 73.8 Å². The van der Waals surface area contributed by atoms with Gasteiger partial charge in [0.05, 0.1) is 30.5 Å². The number of rotatable bonds is 5. The first-order valence-corrected chi connectivity index (χ1v) is 12.5. The minimum Gasteiger partial charge on any atom is -0.323 e. The van der Waals surface area contributed by atoms with Crippen LogP contribution < -0.4 is 0 Å². The van der Waals surface area contributed by atoms with Crippen molar-refractivity contribution in [2.45, 2.75) is 57.4 Å². The Hall–Kier alpha value is -3.02. The molecule has 4 nitrogen and oxygen atoms in total. The first-order valence-electron chi connectivity index (χ1n) is 12.5. The largest absolute Gasteiger partial charge is 0.323 e. The number of hydrogen-bond acceptors (Lipinski definition) is 2. The number of halogens is 2. The molecular weight excluding hydrogens is 430 g/mol. The van der Waals surface area contributed by atoms with Gasteiger partial charge in [-0.1, -0.05) is 25.0 Å². The Morgan fingerprint density at radius 3 is 2.71 bits per heavy atom. The van der Waals surface area contributed by atoms with E-state index >= 15 is 0 Å². The molecule has 0 bridgehead atoms. The van der Waals surface area contributed by atoms with Crippen LogP contribution in [0.2, 0.25) is 0 Å². The molecule has 3 heterocycles. The molecule has 0 saturated heterocycles. The summed E-state index contributed by atoms with van der Waals surface area (Å²) in [5.74, 6) is 0.887. The summed E-state index contributed by atoms with van der Waals surface area (Å²) in [6.07, 6.45) is 17.2. The maximum Gasteiger partial charge on any atom is 0.131 e. The summed E-state index contributed by atoms with van der Waals surface area (Å²) >= 11 is 0. The Kier molecular flexibility index (Phi) is 5.47. The zero-order valence-corrected chi connectivity index (χ0v) is 19.6. The van der Waals surface area contributed by atoms with Crippen LogP contribution in [0.25, 0.3) is 16.7 Å². The molecule has 0 amide bonds. The van der Waals surface area contributed by atoms with Crippen LogP contribution in [0.1, 0.15) is 62.2 Å². The monoisotopic (exact) mass is 460 g/mol. The van der Waals surface area contributed by atoms with Gasteiger partial charge in [0.1, 0.15) is 11.6 Å². The van der Waals surface area contributed by atoms with Crippen LogP contribution >= 0.6 is 0 Å². The number of imidazole rings is 1. The molecular formula is C28H30F2N4. The third kappa shape index (κ3) is 3.73. The summed E-state index contributed by atoms with van der Waals surface area (Å²) in [6, 6.07) is 5.69. The highest BCUT2D eigenvalue weighted by Crippen LogP contribution is 2.51. The number of hydrogen-bond donors (Lipinski definition) is 0. The quantitative estimate of drug-likeness (QED) is 0.419. The molecule has 2 aliphatic carbocycles.